The van der Waals surface area contributed by atoms with Crippen LogP contribution in [0.15, 0.2) is 0 Å². The highest BCUT2D eigenvalue weighted by molar-refractivity contribution is 5.91. The first-order valence-corrected chi connectivity index (χ1v) is 6.78. The van der Waals surface area contributed by atoms with Gasteiger partial charge in [-0.15, -0.1) is 12.4 Å². The second kappa shape index (κ2) is 5.87. The number of nitrogens with two attached hydrogens (primary N) is 1. The third-order valence-electron chi connectivity index (χ3n) is 4.39. The molecule has 4 N–H and O–H groups in total. The summed E-state index contributed by atoms with van der Waals surface area (Å²) in [6.45, 7) is 5.51. The Hall–Kier alpha value is -0.850. The van der Waals surface area contributed by atoms with Crippen LogP contribution in [-0.2, 0) is 14.3 Å². The Bertz CT molecular complexity index is 404. The smallest absolute Gasteiger partial charge is 0.332 e. The first-order chi connectivity index (χ1) is 8.85. The molecule has 2 fully saturated rings. The summed E-state index contributed by atoms with van der Waals surface area (Å²) < 4.78 is 5.10. The topological polar surface area (TPSA) is 102 Å². The van der Waals surface area contributed by atoms with Crippen molar-refractivity contribution in [2.45, 2.75) is 44.9 Å². The van der Waals surface area contributed by atoms with Crippen molar-refractivity contribution >= 4 is 24.3 Å². The predicted molar refractivity (Wildman–Crippen MR) is 75.2 cm³/mol. The molecular formula is C13H23ClN2O4. The summed E-state index contributed by atoms with van der Waals surface area (Å²) in [6.07, 6.45) is -0.359. The lowest BCUT2D eigenvalue weighted by Crippen LogP contribution is -2.59. The maximum atomic E-state index is 12.3. The van der Waals surface area contributed by atoms with E-state index < -0.39 is 23.7 Å². The molecule has 0 aromatic rings. The van der Waals surface area contributed by atoms with Crippen molar-refractivity contribution in [2.75, 3.05) is 6.61 Å². The van der Waals surface area contributed by atoms with Gasteiger partial charge in [0.1, 0.15) is 5.54 Å². The maximum absolute atomic E-state index is 12.3. The van der Waals surface area contributed by atoms with Crippen molar-refractivity contribution in [1.29, 1.82) is 0 Å². The maximum Gasteiger partial charge on any atom is 0.332 e. The Morgan fingerprint density at radius 1 is 1.55 bits per heavy atom. The molecule has 0 aliphatic heterocycles. The molecule has 0 spiro atoms. The van der Waals surface area contributed by atoms with Crippen molar-refractivity contribution in [1.82, 2.24) is 5.32 Å². The van der Waals surface area contributed by atoms with E-state index in [4.69, 9.17) is 10.5 Å². The van der Waals surface area contributed by atoms with E-state index in [1.807, 2.05) is 6.92 Å². The third-order valence-corrected chi connectivity index (χ3v) is 4.39. The highest BCUT2D eigenvalue weighted by atomic mass is 35.5. The largest absolute Gasteiger partial charge is 0.464 e. The third kappa shape index (κ3) is 2.52. The van der Waals surface area contributed by atoms with Gasteiger partial charge in [0.2, 0.25) is 5.91 Å². The number of nitrogens with one attached hydrogen (secondary N) is 1. The Kier molecular flexibility index (Phi) is 5.05. The van der Waals surface area contributed by atoms with Gasteiger partial charge in [-0.3, -0.25) is 4.79 Å². The minimum atomic E-state index is -1.11. The average molecular weight is 307 g/mol. The summed E-state index contributed by atoms with van der Waals surface area (Å²) in [4.78, 5) is 24.1. The molecule has 2 aliphatic rings. The Morgan fingerprint density at radius 3 is 2.55 bits per heavy atom. The predicted octanol–water partition coefficient (Wildman–Crippen LogP) is -0.180. The van der Waals surface area contributed by atoms with Gasteiger partial charge in [-0.05, 0) is 25.7 Å². The number of carbonyl (C=O) groups excluding carboxylic acids is 2. The van der Waals surface area contributed by atoms with Crippen LogP contribution in [0.5, 0.6) is 0 Å². The summed E-state index contributed by atoms with van der Waals surface area (Å²) in [7, 11) is 0. The van der Waals surface area contributed by atoms with Crippen LogP contribution in [0.2, 0.25) is 0 Å². The molecule has 2 rings (SSSR count). The summed E-state index contributed by atoms with van der Waals surface area (Å²) in [5.41, 5.74) is 4.44. The molecule has 0 aromatic heterocycles. The van der Waals surface area contributed by atoms with Crippen LogP contribution in [0, 0.1) is 17.8 Å². The highest BCUT2D eigenvalue weighted by Gasteiger charge is 2.71. The van der Waals surface area contributed by atoms with Gasteiger partial charge >= 0.3 is 5.97 Å². The summed E-state index contributed by atoms with van der Waals surface area (Å²) in [5.74, 6) is -0.622. The quantitative estimate of drug-likeness (QED) is 0.625. The number of esters is 1. The van der Waals surface area contributed by atoms with E-state index >= 15 is 0 Å². The van der Waals surface area contributed by atoms with Gasteiger partial charge < -0.3 is 20.9 Å². The lowest BCUT2D eigenvalue weighted by atomic mass is 9.89. The fourth-order valence-corrected chi connectivity index (χ4v) is 3.46. The van der Waals surface area contributed by atoms with E-state index in [-0.39, 0.29) is 49.1 Å². The molecule has 7 heteroatoms. The highest BCUT2D eigenvalue weighted by Crippen LogP contribution is 2.62. The molecule has 0 heterocycles. The van der Waals surface area contributed by atoms with Gasteiger partial charge in [-0.1, -0.05) is 6.92 Å². The van der Waals surface area contributed by atoms with Crippen LogP contribution in [-0.4, -0.2) is 41.3 Å². The molecule has 2 saturated carbocycles. The van der Waals surface area contributed by atoms with E-state index in [0.717, 1.165) is 0 Å². The van der Waals surface area contributed by atoms with Gasteiger partial charge in [-0.25, -0.2) is 4.79 Å². The average Bonchev–Trinajstić information content (AvgIpc) is 2.89. The normalized spacial score (nSPS) is 39.2. The number of ether oxygens (including phenoxy) is 1. The van der Waals surface area contributed by atoms with E-state index in [2.05, 4.69) is 5.32 Å². The number of halogens is 1. The van der Waals surface area contributed by atoms with E-state index in [1.54, 1.807) is 13.8 Å². The first-order valence-electron chi connectivity index (χ1n) is 6.78. The minimum Gasteiger partial charge on any atom is -0.464 e. The number of aliphatic hydroxyl groups excluding tert-OH is 1. The molecule has 116 valence electrons. The minimum absolute atomic E-state index is 0. The number of hydrogen-bond acceptors (Lipinski definition) is 5. The molecule has 6 nitrogen and oxygen atoms in total. The second-order valence-electron chi connectivity index (χ2n) is 5.70. The van der Waals surface area contributed by atoms with Gasteiger partial charge in [0.05, 0.1) is 18.8 Å². The zero-order valence-corrected chi connectivity index (χ0v) is 12.8. The number of aliphatic hydroxyl groups is 1. The zero-order chi connectivity index (χ0) is 14.4. The molecule has 0 aromatic carbocycles. The second-order valence-corrected chi connectivity index (χ2v) is 5.70. The molecule has 0 saturated heterocycles. The SMILES string of the molecule is CCOC(=O)[C@]1(NC(=O)[C@H](C)N)C[C@H](O)[C@H]2[C@H](C)[C@H]21.Cl. The standard InChI is InChI=1S/C13H22N2O4.ClH/c1-4-19-12(18)13(15-11(17)7(3)14)5-8(16)9-6(2)10(9)13;/h6-10,16H,4-5,14H2,1-3H3,(H,15,17);1H/t6-,7-,8-,9+,10+,13-;/m0./s1. The summed E-state index contributed by atoms with van der Waals surface area (Å²) in [6, 6.07) is -0.698. The van der Waals surface area contributed by atoms with Gasteiger partial charge in [0, 0.05) is 12.3 Å². The Balaban J connectivity index is 0.00000200. The number of hydrogen-bond donors (Lipinski definition) is 3. The molecule has 20 heavy (non-hydrogen) atoms. The number of rotatable bonds is 4. The van der Waals surface area contributed by atoms with Crippen LogP contribution in [0.1, 0.15) is 27.2 Å². The van der Waals surface area contributed by atoms with Crippen LogP contribution >= 0.6 is 12.4 Å². The Morgan fingerprint density at radius 2 is 2.15 bits per heavy atom. The molecular weight excluding hydrogens is 284 g/mol. The van der Waals surface area contributed by atoms with Crippen molar-refractivity contribution in [3.8, 4) is 0 Å². The number of amides is 1. The zero-order valence-electron chi connectivity index (χ0n) is 12.0. The van der Waals surface area contributed by atoms with Crippen molar-refractivity contribution in [3.05, 3.63) is 0 Å². The van der Waals surface area contributed by atoms with Crippen molar-refractivity contribution < 1.29 is 19.4 Å². The van der Waals surface area contributed by atoms with Crippen LogP contribution in [0.25, 0.3) is 0 Å². The fraction of sp³-hybridized carbons (Fsp3) is 0.846. The van der Waals surface area contributed by atoms with Crippen LogP contribution in [0.3, 0.4) is 0 Å². The number of carbonyl (C=O) groups is 2. The first kappa shape index (κ1) is 17.2. The van der Waals surface area contributed by atoms with Gasteiger partial charge in [0.25, 0.3) is 0 Å². The van der Waals surface area contributed by atoms with E-state index in [9.17, 15) is 14.7 Å². The van der Waals surface area contributed by atoms with Crippen molar-refractivity contribution in [2.24, 2.45) is 23.5 Å². The number of fused-ring (bicyclic) bond motifs is 1. The van der Waals surface area contributed by atoms with Gasteiger partial charge in [-0.2, -0.15) is 0 Å². The molecule has 6 atom stereocenters. The van der Waals surface area contributed by atoms with Crippen LogP contribution in [0.4, 0.5) is 0 Å². The molecule has 0 bridgehead atoms. The summed E-state index contributed by atoms with van der Waals surface area (Å²) in [5, 5.41) is 12.8. The molecule has 1 amide bonds. The van der Waals surface area contributed by atoms with E-state index in [0.29, 0.717) is 0 Å². The summed E-state index contributed by atoms with van der Waals surface area (Å²) >= 11 is 0. The Labute approximate surface area is 124 Å². The molecule has 2 aliphatic carbocycles. The monoisotopic (exact) mass is 306 g/mol. The van der Waals surface area contributed by atoms with Crippen LogP contribution < -0.4 is 11.1 Å². The van der Waals surface area contributed by atoms with Crippen molar-refractivity contribution in [3.63, 3.8) is 0 Å². The molecule has 0 unspecified atom stereocenters. The van der Waals surface area contributed by atoms with E-state index in [1.165, 1.54) is 0 Å². The lowest BCUT2D eigenvalue weighted by molar-refractivity contribution is -0.155. The molecule has 0 radical (unpaired) electrons. The lowest BCUT2D eigenvalue weighted by Gasteiger charge is -2.32. The van der Waals surface area contributed by atoms with Gasteiger partial charge in [0.15, 0.2) is 0 Å². The fourth-order valence-electron chi connectivity index (χ4n) is 3.46.